The number of hydrogen-bond acceptors (Lipinski definition) is 2. The van der Waals surface area contributed by atoms with Crippen LogP contribution >= 0.6 is 0 Å². The van der Waals surface area contributed by atoms with Gasteiger partial charge in [-0.1, -0.05) is 13.8 Å². The van der Waals surface area contributed by atoms with Gasteiger partial charge in [0.05, 0.1) is 5.56 Å². The van der Waals surface area contributed by atoms with Crippen molar-refractivity contribution in [3.8, 4) is 0 Å². The monoisotopic (exact) mass is 251 g/mol. The zero-order valence-corrected chi connectivity index (χ0v) is 10.2. The van der Waals surface area contributed by atoms with Crippen LogP contribution in [0.2, 0.25) is 0 Å². The summed E-state index contributed by atoms with van der Waals surface area (Å²) >= 11 is 0. The first-order valence-electron chi connectivity index (χ1n) is 5.65. The Morgan fingerprint density at radius 1 is 1.44 bits per heavy atom. The van der Waals surface area contributed by atoms with Gasteiger partial charge in [0.2, 0.25) is 5.91 Å². The molecule has 18 heavy (non-hydrogen) atoms. The van der Waals surface area contributed by atoms with Crippen LogP contribution in [0.25, 0.3) is 0 Å². The van der Waals surface area contributed by atoms with Gasteiger partial charge in [0.25, 0.3) is 0 Å². The molecule has 0 spiro atoms. The summed E-state index contributed by atoms with van der Waals surface area (Å²) < 4.78 is 13.2. The third-order valence-corrected chi connectivity index (χ3v) is 3.29. The molecule has 1 saturated carbocycles. The van der Waals surface area contributed by atoms with Gasteiger partial charge in [-0.2, -0.15) is 0 Å². The van der Waals surface area contributed by atoms with Crippen LogP contribution in [-0.4, -0.2) is 17.0 Å². The molecule has 96 valence electrons. The lowest BCUT2D eigenvalue weighted by molar-refractivity contribution is -0.118. The predicted molar refractivity (Wildman–Crippen MR) is 63.9 cm³/mol. The van der Waals surface area contributed by atoms with E-state index in [0.717, 1.165) is 18.6 Å². The van der Waals surface area contributed by atoms with Gasteiger partial charge >= 0.3 is 5.97 Å². The molecule has 0 saturated heterocycles. The highest BCUT2D eigenvalue weighted by atomic mass is 19.1. The topological polar surface area (TPSA) is 66.4 Å². The number of aromatic carboxylic acids is 1. The van der Waals surface area contributed by atoms with Crippen molar-refractivity contribution in [3.63, 3.8) is 0 Å². The smallest absolute Gasteiger partial charge is 0.338 e. The molecule has 0 aliphatic heterocycles. The lowest BCUT2D eigenvalue weighted by Crippen LogP contribution is -2.17. The summed E-state index contributed by atoms with van der Waals surface area (Å²) in [5.74, 6) is -2.37. The molecule has 5 heteroatoms. The van der Waals surface area contributed by atoms with E-state index in [-0.39, 0.29) is 17.2 Å². The first kappa shape index (κ1) is 12.5. The Kier molecular flexibility index (Phi) is 2.84. The molecule has 0 aromatic heterocycles. The summed E-state index contributed by atoms with van der Waals surface area (Å²) in [7, 11) is 0. The number of carbonyl (C=O) groups excluding carboxylic acids is 1. The van der Waals surface area contributed by atoms with Gasteiger partial charge < -0.3 is 10.4 Å². The lowest BCUT2D eigenvalue weighted by Gasteiger charge is -2.07. The molecule has 2 rings (SSSR count). The molecule has 1 aromatic rings. The Morgan fingerprint density at radius 3 is 2.56 bits per heavy atom. The van der Waals surface area contributed by atoms with Gasteiger partial charge in [-0.25, -0.2) is 9.18 Å². The number of rotatable bonds is 3. The molecule has 2 N–H and O–H groups in total. The van der Waals surface area contributed by atoms with Crippen molar-refractivity contribution in [2.75, 3.05) is 5.32 Å². The highest BCUT2D eigenvalue weighted by Gasteiger charge is 2.50. The Bertz CT molecular complexity index is 525. The fourth-order valence-corrected chi connectivity index (χ4v) is 1.91. The maximum atomic E-state index is 13.2. The average Bonchev–Trinajstić information content (AvgIpc) is 2.90. The Balaban J connectivity index is 2.13. The molecule has 1 aliphatic rings. The van der Waals surface area contributed by atoms with Crippen LogP contribution in [-0.2, 0) is 4.79 Å². The van der Waals surface area contributed by atoms with Gasteiger partial charge in [-0.3, -0.25) is 4.79 Å². The summed E-state index contributed by atoms with van der Waals surface area (Å²) in [5.41, 5.74) is -0.135. The van der Waals surface area contributed by atoms with E-state index in [1.165, 1.54) is 6.07 Å². The van der Waals surface area contributed by atoms with E-state index >= 15 is 0 Å². The van der Waals surface area contributed by atoms with Crippen molar-refractivity contribution >= 4 is 17.6 Å². The highest BCUT2D eigenvalue weighted by Crippen LogP contribution is 2.51. The fraction of sp³-hybridized carbons (Fsp3) is 0.385. The lowest BCUT2D eigenvalue weighted by atomic mass is 10.1. The van der Waals surface area contributed by atoms with Crippen molar-refractivity contribution < 1.29 is 19.1 Å². The number of hydrogen-bond donors (Lipinski definition) is 2. The van der Waals surface area contributed by atoms with Crippen LogP contribution in [0.15, 0.2) is 18.2 Å². The standard InChI is InChI=1S/C13H14FNO3/c1-13(2)6-9(13)11(16)15-7-3-4-10(14)8(5-7)12(17)18/h3-5,9H,6H2,1-2H3,(H,15,16)(H,17,18). The van der Waals surface area contributed by atoms with Gasteiger partial charge in [-0.15, -0.1) is 0 Å². The molecule has 0 heterocycles. The van der Waals surface area contributed by atoms with E-state index in [0.29, 0.717) is 5.69 Å². The number of amides is 1. The second kappa shape index (κ2) is 4.08. The molecule has 4 nitrogen and oxygen atoms in total. The van der Waals surface area contributed by atoms with Crippen LogP contribution in [0.4, 0.5) is 10.1 Å². The molecular formula is C13H14FNO3. The molecule has 1 amide bonds. The van der Waals surface area contributed by atoms with Crippen molar-refractivity contribution in [2.45, 2.75) is 20.3 Å². The molecule has 0 radical (unpaired) electrons. The third kappa shape index (κ3) is 2.34. The number of anilines is 1. The molecule has 1 fully saturated rings. The number of halogens is 1. The molecular weight excluding hydrogens is 237 g/mol. The Labute approximate surface area is 104 Å². The van der Waals surface area contributed by atoms with Crippen LogP contribution in [0.3, 0.4) is 0 Å². The van der Waals surface area contributed by atoms with E-state index in [9.17, 15) is 14.0 Å². The first-order valence-corrected chi connectivity index (χ1v) is 5.65. The summed E-state index contributed by atoms with van der Waals surface area (Å²) in [6, 6.07) is 3.52. The number of carboxylic acids is 1. The van der Waals surface area contributed by atoms with Crippen LogP contribution < -0.4 is 5.32 Å². The average molecular weight is 251 g/mol. The molecule has 1 aromatic carbocycles. The van der Waals surface area contributed by atoms with Crippen molar-refractivity contribution in [1.29, 1.82) is 0 Å². The SMILES string of the molecule is CC1(C)CC1C(=O)Nc1ccc(F)c(C(=O)O)c1. The van der Waals surface area contributed by atoms with Gasteiger partial charge in [-0.05, 0) is 30.0 Å². The van der Waals surface area contributed by atoms with Crippen molar-refractivity contribution in [3.05, 3.63) is 29.6 Å². The van der Waals surface area contributed by atoms with E-state index in [2.05, 4.69) is 5.32 Å². The van der Waals surface area contributed by atoms with Gasteiger partial charge in [0, 0.05) is 11.6 Å². The molecule has 0 bridgehead atoms. The molecule has 1 unspecified atom stereocenters. The Hall–Kier alpha value is -1.91. The van der Waals surface area contributed by atoms with Gasteiger partial charge in [0.1, 0.15) is 5.82 Å². The Morgan fingerprint density at radius 2 is 2.06 bits per heavy atom. The highest BCUT2D eigenvalue weighted by molar-refractivity contribution is 5.96. The van der Waals surface area contributed by atoms with E-state index in [4.69, 9.17) is 5.11 Å². The second-order valence-electron chi connectivity index (χ2n) is 5.23. The quantitative estimate of drug-likeness (QED) is 0.867. The second-order valence-corrected chi connectivity index (χ2v) is 5.23. The first-order chi connectivity index (χ1) is 8.31. The van der Waals surface area contributed by atoms with Crippen molar-refractivity contribution in [2.24, 2.45) is 11.3 Å². The van der Waals surface area contributed by atoms with E-state index in [1.54, 1.807) is 0 Å². The zero-order valence-electron chi connectivity index (χ0n) is 10.2. The maximum absolute atomic E-state index is 13.2. The van der Waals surface area contributed by atoms with E-state index in [1.807, 2.05) is 13.8 Å². The summed E-state index contributed by atoms with van der Waals surface area (Å²) in [6.45, 7) is 3.98. The molecule has 1 aliphatic carbocycles. The summed E-state index contributed by atoms with van der Waals surface area (Å²) in [5, 5.41) is 11.4. The largest absolute Gasteiger partial charge is 0.478 e. The summed E-state index contributed by atoms with van der Waals surface area (Å²) in [4.78, 5) is 22.6. The minimum Gasteiger partial charge on any atom is -0.478 e. The minimum atomic E-state index is -1.35. The number of carboxylic acid groups (broad SMARTS) is 1. The van der Waals surface area contributed by atoms with Crippen molar-refractivity contribution in [1.82, 2.24) is 0 Å². The zero-order chi connectivity index (χ0) is 13.5. The van der Waals surface area contributed by atoms with Crippen LogP contribution in [0.1, 0.15) is 30.6 Å². The third-order valence-electron chi connectivity index (χ3n) is 3.29. The summed E-state index contributed by atoms with van der Waals surface area (Å²) in [6.07, 6.45) is 0.811. The van der Waals surface area contributed by atoms with Crippen LogP contribution in [0.5, 0.6) is 0 Å². The maximum Gasteiger partial charge on any atom is 0.338 e. The van der Waals surface area contributed by atoms with E-state index < -0.39 is 17.3 Å². The molecule has 1 atom stereocenters. The fourth-order valence-electron chi connectivity index (χ4n) is 1.91. The number of carbonyl (C=O) groups is 2. The normalized spacial score (nSPS) is 20.3. The minimum absolute atomic E-state index is 0.000256. The van der Waals surface area contributed by atoms with Gasteiger partial charge in [0.15, 0.2) is 0 Å². The predicted octanol–water partition coefficient (Wildman–Crippen LogP) is 2.51. The number of benzene rings is 1. The number of nitrogens with one attached hydrogen (secondary N) is 1. The van der Waals surface area contributed by atoms with Crippen LogP contribution in [0, 0.1) is 17.2 Å².